The van der Waals surface area contributed by atoms with Crippen LogP contribution in [0.2, 0.25) is 0 Å². The van der Waals surface area contributed by atoms with E-state index in [0.717, 1.165) is 11.3 Å². The Bertz CT molecular complexity index is 628. The molecule has 0 amide bonds. The number of pyridine rings is 1. The van der Waals surface area contributed by atoms with Gasteiger partial charge in [0, 0.05) is 31.1 Å². The summed E-state index contributed by atoms with van der Waals surface area (Å²) in [6.45, 7) is 0. The summed E-state index contributed by atoms with van der Waals surface area (Å²) in [7, 11) is 1.80. The standard InChI is InChI=1S/C11H9N5O/c1-16-7-13-11(14-16)10-5-9(15-17-10)8-3-2-4-12-6-8/h2-7H,1H3. The van der Waals surface area contributed by atoms with Gasteiger partial charge in [0.1, 0.15) is 12.0 Å². The first-order valence-corrected chi connectivity index (χ1v) is 5.06. The number of rotatable bonds is 2. The summed E-state index contributed by atoms with van der Waals surface area (Å²) >= 11 is 0. The lowest BCUT2D eigenvalue weighted by molar-refractivity contribution is 0.432. The summed E-state index contributed by atoms with van der Waals surface area (Å²) in [5.41, 5.74) is 1.62. The molecule has 6 nitrogen and oxygen atoms in total. The Labute approximate surface area is 96.9 Å². The quantitative estimate of drug-likeness (QED) is 0.664. The molecule has 0 N–H and O–H groups in total. The second-order valence-corrected chi connectivity index (χ2v) is 3.56. The normalized spacial score (nSPS) is 10.6. The van der Waals surface area contributed by atoms with Crippen molar-refractivity contribution in [3.8, 4) is 22.8 Å². The first-order chi connectivity index (χ1) is 8.33. The molecule has 0 spiro atoms. The van der Waals surface area contributed by atoms with Crippen molar-refractivity contribution < 1.29 is 4.52 Å². The minimum absolute atomic E-state index is 0.523. The van der Waals surface area contributed by atoms with E-state index < -0.39 is 0 Å². The van der Waals surface area contributed by atoms with Crippen LogP contribution in [0.3, 0.4) is 0 Å². The number of aryl methyl sites for hydroxylation is 1. The molecule has 0 unspecified atom stereocenters. The molecule has 0 aromatic carbocycles. The van der Waals surface area contributed by atoms with E-state index in [1.54, 1.807) is 36.5 Å². The molecule has 6 heteroatoms. The van der Waals surface area contributed by atoms with Gasteiger partial charge in [-0.2, -0.15) is 0 Å². The predicted molar refractivity (Wildman–Crippen MR) is 59.7 cm³/mol. The van der Waals surface area contributed by atoms with Gasteiger partial charge in [0.15, 0.2) is 0 Å². The molecule has 0 aliphatic heterocycles. The summed E-state index contributed by atoms with van der Waals surface area (Å²) < 4.78 is 6.82. The lowest BCUT2D eigenvalue weighted by atomic mass is 10.2. The van der Waals surface area contributed by atoms with Gasteiger partial charge in [-0.1, -0.05) is 5.16 Å². The SMILES string of the molecule is Cn1cnc(-c2cc(-c3cccnc3)no2)n1. The number of hydrogen-bond donors (Lipinski definition) is 0. The van der Waals surface area contributed by atoms with Crippen LogP contribution in [0.15, 0.2) is 41.4 Å². The summed E-state index contributed by atoms with van der Waals surface area (Å²) in [4.78, 5) is 8.13. The molecule has 3 aromatic rings. The molecule has 17 heavy (non-hydrogen) atoms. The Hall–Kier alpha value is -2.50. The third-order valence-corrected chi connectivity index (χ3v) is 2.29. The van der Waals surface area contributed by atoms with E-state index in [4.69, 9.17) is 4.52 Å². The second-order valence-electron chi connectivity index (χ2n) is 3.56. The van der Waals surface area contributed by atoms with Gasteiger partial charge in [-0.25, -0.2) is 4.98 Å². The van der Waals surface area contributed by atoms with Crippen molar-refractivity contribution in [1.29, 1.82) is 0 Å². The van der Waals surface area contributed by atoms with Crippen LogP contribution in [0.1, 0.15) is 0 Å². The molecule has 0 atom stereocenters. The van der Waals surface area contributed by atoms with Crippen molar-refractivity contribution in [2.75, 3.05) is 0 Å². The maximum absolute atomic E-state index is 5.20. The molecule has 0 radical (unpaired) electrons. The van der Waals surface area contributed by atoms with Crippen molar-refractivity contribution in [3.63, 3.8) is 0 Å². The topological polar surface area (TPSA) is 69.6 Å². The zero-order valence-electron chi connectivity index (χ0n) is 9.11. The Kier molecular flexibility index (Phi) is 2.18. The molecular formula is C11H9N5O. The number of hydrogen-bond acceptors (Lipinski definition) is 5. The van der Waals surface area contributed by atoms with Crippen LogP contribution in [0.4, 0.5) is 0 Å². The zero-order chi connectivity index (χ0) is 11.7. The Balaban J connectivity index is 1.99. The minimum Gasteiger partial charge on any atom is -0.352 e. The minimum atomic E-state index is 0.523. The maximum Gasteiger partial charge on any atom is 0.219 e. The zero-order valence-corrected chi connectivity index (χ0v) is 9.11. The molecule has 0 bridgehead atoms. The number of nitrogens with zero attached hydrogens (tertiary/aromatic N) is 5. The van der Waals surface area contributed by atoms with Crippen LogP contribution >= 0.6 is 0 Å². The first-order valence-electron chi connectivity index (χ1n) is 5.06. The summed E-state index contributed by atoms with van der Waals surface area (Å²) in [5.74, 6) is 1.07. The highest BCUT2D eigenvalue weighted by Crippen LogP contribution is 2.22. The first kappa shape index (κ1) is 9.71. The fourth-order valence-corrected chi connectivity index (χ4v) is 1.48. The molecule has 0 fully saturated rings. The van der Waals surface area contributed by atoms with Gasteiger partial charge in [0.2, 0.25) is 11.6 Å². The van der Waals surface area contributed by atoms with Gasteiger partial charge in [0.05, 0.1) is 0 Å². The van der Waals surface area contributed by atoms with Crippen molar-refractivity contribution in [3.05, 3.63) is 36.9 Å². The van der Waals surface area contributed by atoms with E-state index in [-0.39, 0.29) is 0 Å². The summed E-state index contributed by atoms with van der Waals surface area (Å²) in [6.07, 6.45) is 5.06. The van der Waals surface area contributed by atoms with E-state index in [1.807, 2.05) is 12.1 Å². The van der Waals surface area contributed by atoms with Crippen LogP contribution in [0.25, 0.3) is 22.8 Å². The van der Waals surface area contributed by atoms with Crippen LogP contribution in [0.5, 0.6) is 0 Å². The van der Waals surface area contributed by atoms with Crippen molar-refractivity contribution in [2.45, 2.75) is 0 Å². The van der Waals surface area contributed by atoms with E-state index in [9.17, 15) is 0 Å². The molecule has 0 aliphatic carbocycles. The fraction of sp³-hybridized carbons (Fsp3) is 0.0909. The monoisotopic (exact) mass is 227 g/mol. The highest BCUT2D eigenvalue weighted by Gasteiger charge is 2.11. The van der Waals surface area contributed by atoms with Crippen LogP contribution < -0.4 is 0 Å². The second kappa shape index (κ2) is 3.82. The van der Waals surface area contributed by atoms with Gasteiger partial charge >= 0.3 is 0 Å². The Morgan fingerprint density at radius 3 is 3.00 bits per heavy atom. The van der Waals surface area contributed by atoms with Crippen LogP contribution in [-0.2, 0) is 7.05 Å². The van der Waals surface area contributed by atoms with E-state index in [2.05, 4.69) is 20.2 Å². The molecule has 3 rings (SSSR count). The Morgan fingerprint density at radius 1 is 1.35 bits per heavy atom. The van der Waals surface area contributed by atoms with Gasteiger partial charge in [-0.3, -0.25) is 9.67 Å². The van der Waals surface area contributed by atoms with Gasteiger partial charge in [0.25, 0.3) is 0 Å². The molecular weight excluding hydrogens is 218 g/mol. The van der Waals surface area contributed by atoms with Crippen molar-refractivity contribution in [2.24, 2.45) is 7.05 Å². The van der Waals surface area contributed by atoms with Crippen LogP contribution in [-0.4, -0.2) is 24.9 Å². The lowest BCUT2D eigenvalue weighted by Gasteiger charge is -1.90. The molecule has 3 aromatic heterocycles. The summed E-state index contributed by atoms with van der Waals surface area (Å²) in [6, 6.07) is 5.57. The average molecular weight is 227 g/mol. The molecule has 0 saturated carbocycles. The third kappa shape index (κ3) is 1.80. The maximum atomic E-state index is 5.20. The van der Waals surface area contributed by atoms with Crippen molar-refractivity contribution in [1.82, 2.24) is 24.9 Å². The average Bonchev–Trinajstić information content (AvgIpc) is 2.98. The van der Waals surface area contributed by atoms with E-state index in [0.29, 0.717) is 11.6 Å². The van der Waals surface area contributed by atoms with Crippen LogP contribution in [0, 0.1) is 0 Å². The van der Waals surface area contributed by atoms with E-state index >= 15 is 0 Å². The molecule has 3 heterocycles. The van der Waals surface area contributed by atoms with E-state index in [1.165, 1.54) is 0 Å². The van der Waals surface area contributed by atoms with Gasteiger partial charge < -0.3 is 4.52 Å². The lowest BCUT2D eigenvalue weighted by Crippen LogP contribution is -1.86. The van der Waals surface area contributed by atoms with Crippen molar-refractivity contribution >= 4 is 0 Å². The third-order valence-electron chi connectivity index (χ3n) is 2.29. The fourth-order valence-electron chi connectivity index (χ4n) is 1.48. The molecule has 84 valence electrons. The van der Waals surface area contributed by atoms with Gasteiger partial charge in [-0.05, 0) is 12.1 Å². The largest absolute Gasteiger partial charge is 0.352 e. The highest BCUT2D eigenvalue weighted by molar-refractivity contribution is 5.62. The van der Waals surface area contributed by atoms with Gasteiger partial charge in [-0.15, -0.1) is 5.10 Å². The molecule has 0 aliphatic rings. The predicted octanol–water partition coefficient (Wildman–Crippen LogP) is 1.53. The highest BCUT2D eigenvalue weighted by atomic mass is 16.5. The number of aromatic nitrogens is 5. The molecule has 0 saturated heterocycles. The summed E-state index contributed by atoms with van der Waals surface area (Å²) in [5, 5.41) is 8.11. The smallest absolute Gasteiger partial charge is 0.219 e. The Morgan fingerprint density at radius 2 is 2.29 bits per heavy atom.